The molecule has 0 aromatic heterocycles. The highest BCUT2D eigenvalue weighted by atomic mass is 32.2. The van der Waals surface area contributed by atoms with E-state index in [1.54, 1.807) is 28.6 Å². The van der Waals surface area contributed by atoms with E-state index in [1.807, 2.05) is 0 Å². The lowest BCUT2D eigenvalue weighted by atomic mass is 10.2. The van der Waals surface area contributed by atoms with Gasteiger partial charge in [-0.2, -0.15) is 4.31 Å². The van der Waals surface area contributed by atoms with Crippen molar-refractivity contribution in [3.8, 4) is 0 Å². The van der Waals surface area contributed by atoms with Crippen LogP contribution in [0.2, 0.25) is 0 Å². The van der Waals surface area contributed by atoms with Crippen molar-refractivity contribution >= 4 is 10.0 Å². The summed E-state index contributed by atoms with van der Waals surface area (Å²) in [4.78, 5) is 0.367. The molecule has 1 heterocycles. The fourth-order valence-corrected chi connectivity index (χ4v) is 3.39. The van der Waals surface area contributed by atoms with E-state index in [4.69, 9.17) is 5.73 Å². The largest absolute Gasteiger partial charge is 0.326 e. The minimum absolute atomic E-state index is 0.367. The fourth-order valence-electron chi connectivity index (χ4n) is 1.88. The van der Waals surface area contributed by atoms with Crippen LogP contribution < -0.4 is 5.73 Å². The molecular formula is C11H16N2O2S. The van der Waals surface area contributed by atoms with Crippen LogP contribution in [0.3, 0.4) is 0 Å². The average molecular weight is 240 g/mol. The monoisotopic (exact) mass is 240 g/mol. The maximum Gasteiger partial charge on any atom is 0.243 e. The van der Waals surface area contributed by atoms with Gasteiger partial charge in [0.2, 0.25) is 10.0 Å². The van der Waals surface area contributed by atoms with Crippen molar-refractivity contribution in [2.45, 2.75) is 24.3 Å². The number of sulfonamides is 1. The molecule has 88 valence electrons. The van der Waals surface area contributed by atoms with Gasteiger partial charge >= 0.3 is 0 Å². The van der Waals surface area contributed by atoms with Gasteiger partial charge in [0.1, 0.15) is 0 Å². The maximum absolute atomic E-state index is 12.1. The molecule has 0 aliphatic carbocycles. The van der Waals surface area contributed by atoms with E-state index in [2.05, 4.69) is 0 Å². The van der Waals surface area contributed by atoms with E-state index in [-0.39, 0.29) is 0 Å². The second kappa shape index (κ2) is 4.53. The standard InChI is InChI=1S/C11H16N2O2S/c12-9-10-3-5-11(6-4-10)16(14,15)13-7-1-2-8-13/h3-6H,1-2,7-9,12H2. The molecule has 4 nitrogen and oxygen atoms in total. The lowest BCUT2D eigenvalue weighted by Crippen LogP contribution is -2.27. The SMILES string of the molecule is NCc1ccc(S(=O)(=O)N2CCCC2)cc1. The summed E-state index contributed by atoms with van der Waals surface area (Å²) in [7, 11) is -3.27. The number of hydrogen-bond acceptors (Lipinski definition) is 3. The molecule has 2 rings (SSSR count). The normalized spacial score (nSPS) is 17.8. The molecule has 0 spiro atoms. The molecular weight excluding hydrogens is 224 g/mol. The first kappa shape index (κ1) is 11.6. The highest BCUT2D eigenvalue weighted by molar-refractivity contribution is 7.89. The third-order valence-electron chi connectivity index (χ3n) is 2.86. The van der Waals surface area contributed by atoms with Crippen LogP contribution in [0.5, 0.6) is 0 Å². The van der Waals surface area contributed by atoms with Gasteiger partial charge in [-0.15, -0.1) is 0 Å². The summed E-state index contributed by atoms with van der Waals surface area (Å²) in [5.74, 6) is 0. The molecule has 2 N–H and O–H groups in total. The Morgan fingerprint density at radius 2 is 1.69 bits per heavy atom. The summed E-state index contributed by atoms with van der Waals surface area (Å²) < 4.78 is 25.8. The van der Waals surface area contributed by atoms with Crippen molar-refractivity contribution in [1.82, 2.24) is 4.31 Å². The molecule has 5 heteroatoms. The Bertz CT molecular complexity index is 447. The number of rotatable bonds is 3. The third-order valence-corrected chi connectivity index (χ3v) is 4.77. The fraction of sp³-hybridized carbons (Fsp3) is 0.455. The highest BCUT2D eigenvalue weighted by Gasteiger charge is 2.26. The first-order chi connectivity index (χ1) is 7.64. The zero-order chi connectivity index (χ0) is 11.6. The molecule has 1 saturated heterocycles. The summed E-state index contributed by atoms with van der Waals surface area (Å²) in [6.45, 7) is 1.71. The maximum atomic E-state index is 12.1. The number of hydrogen-bond donors (Lipinski definition) is 1. The van der Waals surface area contributed by atoms with Crippen LogP contribution in [0.15, 0.2) is 29.2 Å². The summed E-state index contributed by atoms with van der Waals surface area (Å²) in [6, 6.07) is 6.80. The van der Waals surface area contributed by atoms with Crippen molar-refractivity contribution in [1.29, 1.82) is 0 Å². The number of nitrogens with zero attached hydrogens (tertiary/aromatic N) is 1. The Morgan fingerprint density at radius 1 is 1.12 bits per heavy atom. The predicted molar refractivity (Wildman–Crippen MR) is 62.3 cm³/mol. The Hall–Kier alpha value is -0.910. The van der Waals surface area contributed by atoms with Gasteiger partial charge in [0.05, 0.1) is 4.90 Å². The molecule has 0 atom stereocenters. The molecule has 0 bridgehead atoms. The molecule has 1 fully saturated rings. The molecule has 16 heavy (non-hydrogen) atoms. The zero-order valence-corrected chi connectivity index (χ0v) is 9.91. The molecule has 0 saturated carbocycles. The van der Waals surface area contributed by atoms with Gasteiger partial charge in [0.25, 0.3) is 0 Å². The molecule has 1 aromatic carbocycles. The van der Waals surface area contributed by atoms with E-state index < -0.39 is 10.0 Å². The quantitative estimate of drug-likeness (QED) is 0.855. The van der Waals surface area contributed by atoms with Gasteiger partial charge in [-0.05, 0) is 30.5 Å². The lowest BCUT2D eigenvalue weighted by molar-refractivity contribution is 0.477. The van der Waals surface area contributed by atoms with Gasteiger partial charge in [-0.3, -0.25) is 0 Å². The Kier molecular flexibility index (Phi) is 3.28. The first-order valence-electron chi connectivity index (χ1n) is 5.44. The molecule has 1 aliphatic rings. The van der Waals surface area contributed by atoms with Crippen LogP contribution in [-0.4, -0.2) is 25.8 Å². The van der Waals surface area contributed by atoms with Crippen molar-refractivity contribution in [3.05, 3.63) is 29.8 Å². The second-order valence-electron chi connectivity index (χ2n) is 3.96. The van der Waals surface area contributed by atoms with Gasteiger partial charge < -0.3 is 5.73 Å². The van der Waals surface area contributed by atoms with E-state index in [0.717, 1.165) is 18.4 Å². The van der Waals surface area contributed by atoms with Crippen molar-refractivity contribution < 1.29 is 8.42 Å². The lowest BCUT2D eigenvalue weighted by Gasteiger charge is -2.15. The summed E-state index contributed by atoms with van der Waals surface area (Å²) in [5, 5.41) is 0. The summed E-state index contributed by atoms with van der Waals surface area (Å²) in [6.07, 6.45) is 1.92. The van der Waals surface area contributed by atoms with Crippen LogP contribution in [0.25, 0.3) is 0 Å². The van der Waals surface area contributed by atoms with Crippen molar-refractivity contribution in [2.75, 3.05) is 13.1 Å². The topological polar surface area (TPSA) is 63.4 Å². The smallest absolute Gasteiger partial charge is 0.243 e. The van der Waals surface area contributed by atoms with Crippen molar-refractivity contribution in [2.24, 2.45) is 5.73 Å². The molecule has 0 unspecified atom stereocenters. The Labute approximate surface area is 96.1 Å². The Balaban J connectivity index is 2.28. The Morgan fingerprint density at radius 3 is 2.19 bits per heavy atom. The van der Waals surface area contributed by atoms with E-state index in [1.165, 1.54) is 0 Å². The third kappa shape index (κ3) is 2.11. The highest BCUT2D eigenvalue weighted by Crippen LogP contribution is 2.20. The second-order valence-corrected chi connectivity index (χ2v) is 5.90. The summed E-state index contributed by atoms with van der Waals surface area (Å²) >= 11 is 0. The molecule has 0 radical (unpaired) electrons. The predicted octanol–water partition coefficient (Wildman–Crippen LogP) is 0.930. The van der Waals surface area contributed by atoms with Gasteiger partial charge in [-0.1, -0.05) is 12.1 Å². The minimum atomic E-state index is -3.27. The molecule has 1 aliphatic heterocycles. The van der Waals surface area contributed by atoms with E-state index in [9.17, 15) is 8.42 Å². The first-order valence-corrected chi connectivity index (χ1v) is 6.88. The van der Waals surface area contributed by atoms with Gasteiger partial charge in [0.15, 0.2) is 0 Å². The van der Waals surface area contributed by atoms with Gasteiger partial charge in [0, 0.05) is 19.6 Å². The zero-order valence-electron chi connectivity index (χ0n) is 9.09. The number of nitrogens with two attached hydrogens (primary N) is 1. The van der Waals surface area contributed by atoms with E-state index >= 15 is 0 Å². The van der Waals surface area contributed by atoms with Crippen LogP contribution in [0.1, 0.15) is 18.4 Å². The minimum Gasteiger partial charge on any atom is -0.326 e. The van der Waals surface area contributed by atoms with Crippen LogP contribution in [0.4, 0.5) is 0 Å². The molecule has 1 aromatic rings. The van der Waals surface area contributed by atoms with Crippen LogP contribution in [0, 0.1) is 0 Å². The van der Waals surface area contributed by atoms with E-state index in [0.29, 0.717) is 24.5 Å². The van der Waals surface area contributed by atoms with Gasteiger partial charge in [-0.25, -0.2) is 8.42 Å². The van der Waals surface area contributed by atoms with Crippen LogP contribution in [-0.2, 0) is 16.6 Å². The van der Waals surface area contributed by atoms with Crippen molar-refractivity contribution in [3.63, 3.8) is 0 Å². The summed E-state index contributed by atoms with van der Waals surface area (Å²) in [5.41, 5.74) is 6.42. The van der Waals surface area contributed by atoms with Crippen LogP contribution >= 0.6 is 0 Å². The number of benzene rings is 1. The average Bonchev–Trinajstić information content (AvgIpc) is 2.83. The molecule has 0 amide bonds.